The summed E-state index contributed by atoms with van der Waals surface area (Å²) in [5, 5.41) is 8.43. The van der Waals surface area contributed by atoms with E-state index in [0.717, 1.165) is 12.8 Å². The monoisotopic (exact) mass is 232 g/mol. The SMILES string of the molecule is COC1(C)CCCN(S(=O)(=O)CC#N)C1. The molecule has 0 aromatic rings. The normalized spacial score (nSPS) is 28.6. The first-order valence-electron chi connectivity index (χ1n) is 4.83. The Hall–Kier alpha value is -0.640. The highest BCUT2D eigenvalue weighted by Gasteiger charge is 2.35. The molecule has 1 aliphatic rings. The minimum Gasteiger partial charge on any atom is -0.377 e. The second-order valence-corrected chi connectivity index (χ2v) is 5.97. The zero-order valence-corrected chi connectivity index (χ0v) is 9.88. The van der Waals surface area contributed by atoms with Crippen molar-refractivity contribution in [3.05, 3.63) is 0 Å². The predicted octanol–water partition coefficient (Wildman–Crippen LogP) is 0.341. The van der Waals surface area contributed by atoms with Gasteiger partial charge in [0, 0.05) is 20.2 Å². The fourth-order valence-corrected chi connectivity index (χ4v) is 2.96. The maximum Gasteiger partial charge on any atom is 0.227 e. The molecule has 1 saturated heterocycles. The summed E-state index contributed by atoms with van der Waals surface area (Å²) in [4.78, 5) is 0. The molecular formula is C9H16N2O3S. The van der Waals surface area contributed by atoms with Gasteiger partial charge < -0.3 is 4.74 Å². The number of rotatable bonds is 3. The van der Waals surface area contributed by atoms with Crippen molar-refractivity contribution in [1.82, 2.24) is 4.31 Å². The molecule has 0 amide bonds. The summed E-state index contributed by atoms with van der Waals surface area (Å²) < 4.78 is 29.9. The van der Waals surface area contributed by atoms with Gasteiger partial charge in [0.2, 0.25) is 10.0 Å². The number of sulfonamides is 1. The molecule has 1 rings (SSSR count). The molecule has 1 unspecified atom stereocenters. The molecule has 1 heterocycles. The van der Waals surface area contributed by atoms with Gasteiger partial charge in [-0.25, -0.2) is 8.42 Å². The molecule has 5 nitrogen and oxygen atoms in total. The van der Waals surface area contributed by atoms with E-state index in [9.17, 15) is 8.42 Å². The van der Waals surface area contributed by atoms with Crippen molar-refractivity contribution >= 4 is 10.0 Å². The Morgan fingerprint density at radius 1 is 1.60 bits per heavy atom. The average Bonchev–Trinajstić information content (AvgIpc) is 2.18. The Balaban J connectivity index is 2.77. The smallest absolute Gasteiger partial charge is 0.227 e. The van der Waals surface area contributed by atoms with Crippen molar-refractivity contribution in [2.75, 3.05) is 26.0 Å². The van der Waals surface area contributed by atoms with Crippen LogP contribution in [0.3, 0.4) is 0 Å². The quantitative estimate of drug-likeness (QED) is 0.703. The largest absolute Gasteiger partial charge is 0.377 e. The molecule has 0 aromatic carbocycles. The van der Waals surface area contributed by atoms with Gasteiger partial charge in [-0.2, -0.15) is 9.57 Å². The summed E-state index contributed by atoms with van der Waals surface area (Å²) in [5.74, 6) is -0.452. The lowest BCUT2D eigenvalue weighted by Gasteiger charge is -2.38. The van der Waals surface area contributed by atoms with Crippen molar-refractivity contribution < 1.29 is 13.2 Å². The summed E-state index contributed by atoms with van der Waals surface area (Å²) in [7, 11) is -1.84. The molecular weight excluding hydrogens is 216 g/mol. The van der Waals surface area contributed by atoms with E-state index in [2.05, 4.69) is 0 Å². The van der Waals surface area contributed by atoms with Gasteiger partial charge >= 0.3 is 0 Å². The van der Waals surface area contributed by atoms with Crippen LogP contribution in [0.2, 0.25) is 0 Å². The number of nitriles is 1. The lowest BCUT2D eigenvalue weighted by molar-refractivity contribution is -0.0318. The van der Waals surface area contributed by atoms with Gasteiger partial charge in [0.15, 0.2) is 5.75 Å². The maximum atomic E-state index is 11.6. The molecule has 0 aliphatic carbocycles. The topological polar surface area (TPSA) is 70.4 Å². The summed E-state index contributed by atoms with van der Waals surface area (Å²) in [6.07, 6.45) is 1.62. The van der Waals surface area contributed by atoms with Gasteiger partial charge in [-0.15, -0.1) is 0 Å². The molecule has 0 N–H and O–H groups in total. The number of ether oxygens (including phenoxy) is 1. The molecule has 0 saturated carbocycles. The molecule has 86 valence electrons. The Morgan fingerprint density at radius 2 is 2.27 bits per heavy atom. The average molecular weight is 232 g/mol. The number of nitrogens with zero attached hydrogens (tertiary/aromatic N) is 2. The van der Waals surface area contributed by atoms with E-state index in [-0.39, 0.29) is 0 Å². The van der Waals surface area contributed by atoms with Crippen molar-refractivity contribution in [1.29, 1.82) is 5.26 Å². The van der Waals surface area contributed by atoms with E-state index in [1.54, 1.807) is 13.2 Å². The molecule has 6 heteroatoms. The second-order valence-electron chi connectivity index (χ2n) is 4.01. The molecule has 1 atom stereocenters. The van der Waals surface area contributed by atoms with E-state index in [1.807, 2.05) is 6.92 Å². The van der Waals surface area contributed by atoms with Crippen LogP contribution in [0.25, 0.3) is 0 Å². The molecule has 0 bridgehead atoms. The molecule has 15 heavy (non-hydrogen) atoms. The molecule has 0 radical (unpaired) electrons. The Labute approximate surface area is 90.7 Å². The first-order chi connectivity index (χ1) is 6.93. The van der Waals surface area contributed by atoms with Crippen LogP contribution in [0.1, 0.15) is 19.8 Å². The minimum absolute atomic E-state index is 0.341. The van der Waals surface area contributed by atoms with E-state index in [1.165, 1.54) is 4.31 Å². The van der Waals surface area contributed by atoms with Gasteiger partial charge in [0.1, 0.15) is 0 Å². The minimum atomic E-state index is -3.42. The summed E-state index contributed by atoms with van der Waals surface area (Å²) in [6, 6.07) is 1.68. The number of hydrogen-bond donors (Lipinski definition) is 0. The van der Waals surface area contributed by atoms with Crippen LogP contribution in [0.15, 0.2) is 0 Å². The van der Waals surface area contributed by atoms with E-state index >= 15 is 0 Å². The van der Waals surface area contributed by atoms with Crippen LogP contribution in [-0.2, 0) is 14.8 Å². The highest BCUT2D eigenvalue weighted by molar-refractivity contribution is 7.89. The van der Waals surface area contributed by atoms with Crippen molar-refractivity contribution in [2.24, 2.45) is 0 Å². The zero-order valence-electron chi connectivity index (χ0n) is 9.06. The third kappa shape index (κ3) is 2.91. The molecule has 0 aromatic heterocycles. The summed E-state index contributed by atoms with van der Waals surface area (Å²) in [6.45, 7) is 2.72. The highest BCUT2D eigenvalue weighted by Crippen LogP contribution is 2.25. The lowest BCUT2D eigenvalue weighted by atomic mass is 9.96. The van der Waals surface area contributed by atoms with Crippen molar-refractivity contribution in [2.45, 2.75) is 25.4 Å². The van der Waals surface area contributed by atoms with E-state index < -0.39 is 21.4 Å². The van der Waals surface area contributed by atoms with Crippen LogP contribution >= 0.6 is 0 Å². The third-order valence-electron chi connectivity index (χ3n) is 2.76. The molecule has 1 aliphatic heterocycles. The van der Waals surface area contributed by atoms with E-state index in [0.29, 0.717) is 13.1 Å². The Bertz CT molecular complexity index is 360. The lowest BCUT2D eigenvalue weighted by Crippen LogP contribution is -2.50. The second kappa shape index (κ2) is 4.47. The van der Waals surface area contributed by atoms with Gasteiger partial charge in [-0.3, -0.25) is 0 Å². The van der Waals surface area contributed by atoms with Crippen LogP contribution in [-0.4, -0.2) is 44.3 Å². The number of methoxy groups -OCH3 is 1. The molecule has 1 fully saturated rings. The van der Waals surface area contributed by atoms with Gasteiger partial charge in [-0.05, 0) is 19.8 Å². The predicted molar refractivity (Wildman–Crippen MR) is 55.6 cm³/mol. The van der Waals surface area contributed by atoms with Crippen molar-refractivity contribution in [3.63, 3.8) is 0 Å². The van der Waals surface area contributed by atoms with Gasteiger partial charge in [0.05, 0.1) is 11.7 Å². The summed E-state index contributed by atoms with van der Waals surface area (Å²) in [5.41, 5.74) is -0.416. The van der Waals surface area contributed by atoms with Crippen LogP contribution in [0.4, 0.5) is 0 Å². The Morgan fingerprint density at radius 3 is 2.80 bits per heavy atom. The molecule has 0 spiro atoms. The van der Waals surface area contributed by atoms with Gasteiger partial charge in [-0.1, -0.05) is 0 Å². The van der Waals surface area contributed by atoms with Crippen LogP contribution in [0, 0.1) is 11.3 Å². The number of piperidine rings is 1. The van der Waals surface area contributed by atoms with Crippen LogP contribution in [0.5, 0.6) is 0 Å². The first kappa shape index (κ1) is 12.4. The first-order valence-corrected chi connectivity index (χ1v) is 6.44. The Kier molecular flexibility index (Phi) is 3.71. The summed E-state index contributed by atoms with van der Waals surface area (Å²) >= 11 is 0. The fraction of sp³-hybridized carbons (Fsp3) is 0.889. The zero-order chi connectivity index (χ0) is 11.5. The highest BCUT2D eigenvalue weighted by atomic mass is 32.2. The van der Waals surface area contributed by atoms with Gasteiger partial charge in [0.25, 0.3) is 0 Å². The third-order valence-corrected chi connectivity index (χ3v) is 4.35. The van der Waals surface area contributed by atoms with Crippen LogP contribution < -0.4 is 0 Å². The standard InChI is InChI=1S/C9H16N2O3S/c1-9(14-2)4-3-6-11(8-9)15(12,13)7-5-10/h3-4,6-8H2,1-2H3. The van der Waals surface area contributed by atoms with E-state index in [4.69, 9.17) is 10.00 Å². The van der Waals surface area contributed by atoms with Crippen molar-refractivity contribution in [3.8, 4) is 6.07 Å². The fourth-order valence-electron chi connectivity index (χ4n) is 1.74. The number of hydrogen-bond acceptors (Lipinski definition) is 4. The maximum absolute atomic E-state index is 11.6.